The minimum Gasteiger partial charge on any atom is -0.487 e. The molecule has 4 nitrogen and oxygen atoms in total. The Kier molecular flexibility index (Phi) is 3.41. The average Bonchev–Trinajstić information content (AvgIpc) is 2.42. The predicted molar refractivity (Wildman–Crippen MR) is 79.2 cm³/mol. The molecule has 3 rings (SSSR count). The summed E-state index contributed by atoms with van der Waals surface area (Å²) in [5, 5.41) is 0. The lowest BCUT2D eigenvalue weighted by Gasteiger charge is -2.35. The first kappa shape index (κ1) is 13.7. The van der Waals surface area contributed by atoms with E-state index in [1.54, 1.807) is 25.4 Å². The number of aryl methyl sites for hydroxylation is 1. The molecular formula is C16H17FN2O2. The van der Waals surface area contributed by atoms with Gasteiger partial charge in [0.15, 0.2) is 0 Å². The lowest BCUT2D eigenvalue weighted by atomic mass is 10.1. The molecule has 1 aromatic carbocycles. The Balaban J connectivity index is 1.92. The van der Waals surface area contributed by atoms with Gasteiger partial charge in [0.25, 0.3) is 5.56 Å². The molecule has 5 heteroatoms. The van der Waals surface area contributed by atoms with E-state index in [2.05, 4.69) is 4.90 Å². The number of hydrogen-bond acceptors (Lipinski definition) is 3. The quantitative estimate of drug-likeness (QED) is 0.850. The summed E-state index contributed by atoms with van der Waals surface area (Å²) < 4.78 is 20.5. The highest BCUT2D eigenvalue weighted by Crippen LogP contribution is 2.34. The number of aromatic nitrogens is 1. The van der Waals surface area contributed by atoms with Crippen LogP contribution in [-0.2, 0) is 13.6 Å². The van der Waals surface area contributed by atoms with Gasteiger partial charge in [0.05, 0.1) is 12.2 Å². The van der Waals surface area contributed by atoms with Crippen molar-refractivity contribution in [3.05, 3.63) is 58.3 Å². The van der Waals surface area contributed by atoms with Crippen molar-refractivity contribution < 1.29 is 9.13 Å². The van der Waals surface area contributed by atoms with Crippen LogP contribution >= 0.6 is 0 Å². The molecule has 0 bridgehead atoms. The first-order valence-electron chi connectivity index (χ1n) is 6.89. The second kappa shape index (κ2) is 5.24. The minimum absolute atomic E-state index is 0.0224. The topological polar surface area (TPSA) is 34.5 Å². The van der Waals surface area contributed by atoms with Crippen LogP contribution in [-0.4, -0.2) is 17.2 Å². The van der Waals surface area contributed by atoms with Crippen LogP contribution in [0.1, 0.15) is 12.5 Å². The van der Waals surface area contributed by atoms with E-state index >= 15 is 0 Å². The fourth-order valence-electron chi connectivity index (χ4n) is 2.56. The van der Waals surface area contributed by atoms with Gasteiger partial charge in [-0.05, 0) is 30.7 Å². The summed E-state index contributed by atoms with van der Waals surface area (Å²) in [5.74, 6) is 0.244. The highest BCUT2D eigenvalue weighted by atomic mass is 19.1. The van der Waals surface area contributed by atoms with Crippen molar-refractivity contribution in [2.75, 3.05) is 11.4 Å². The van der Waals surface area contributed by atoms with Crippen molar-refractivity contribution in [3.8, 4) is 5.75 Å². The summed E-state index contributed by atoms with van der Waals surface area (Å²) in [6.45, 7) is 3.25. The smallest absolute Gasteiger partial charge is 0.250 e. The molecule has 0 amide bonds. The molecule has 0 N–H and O–H groups in total. The van der Waals surface area contributed by atoms with Gasteiger partial charge in [-0.15, -0.1) is 0 Å². The summed E-state index contributed by atoms with van der Waals surface area (Å²) in [5.41, 5.74) is 1.76. The Morgan fingerprint density at radius 3 is 2.90 bits per heavy atom. The Labute approximate surface area is 122 Å². The van der Waals surface area contributed by atoms with E-state index in [1.165, 1.54) is 16.7 Å². The molecule has 2 aromatic rings. The van der Waals surface area contributed by atoms with E-state index in [1.807, 2.05) is 13.0 Å². The molecule has 1 aliphatic heterocycles. The van der Waals surface area contributed by atoms with Crippen molar-refractivity contribution in [2.45, 2.75) is 19.6 Å². The molecule has 1 atom stereocenters. The highest BCUT2D eigenvalue weighted by molar-refractivity contribution is 5.60. The molecule has 21 heavy (non-hydrogen) atoms. The Morgan fingerprint density at radius 2 is 2.14 bits per heavy atom. The molecular weight excluding hydrogens is 271 g/mol. The van der Waals surface area contributed by atoms with E-state index < -0.39 is 0 Å². The number of rotatable bonds is 2. The van der Waals surface area contributed by atoms with Crippen LogP contribution in [0.15, 0.2) is 41.3 Å². The summed E-state index contributed by atoms with van der Waals surface area (Å²) in [6, 6.07) is 8.10. The van der Waals surface area contributed by atoms with E-state index in [9.17, 15) is 9.18 Å². The summed E-state index contributed by atoms with van der Waals surface area (Å²) in [4.78, 5) is 13.8. The third-order valence-corrected chi connectivity index (χ3v) is 3.61. The van der Waals surface area contributed by atoms with Gasteiger partial charge >= 0.3 is 0 Å². The standard InChI is InChI=1S/C16H17FN2O2/c1-11-9-19(10-12-5-6-18(2)16(20)7-12)14-4-3-13(17)8-15(14)21-11/h3-8,11H,9-10H2,1-2H3. The monoisotopic (exact) mass is 288 g/mol. The van der Waals surface area contributed by atoms with Crippen LogP contribution in [0.3, 0.4) is 0 Å². The number of pyridine rings is 1. The molecule has 1 unspecified atom stereocenters. The largest absolute Gasteiger partial charge is 0.487 e. The molecule has 0 fully saturated rings. The SMILES string of the molecule is CC1CN(Cc2ccn(C)c(=O)c2)c2ccc(F)cc2O1. The molecule has 110 valence electrons. The van der Waals surface area contributed by atoms with E-state index in [4.69, 9.17) is 4.74 Å². The van der Waals surface area contributed by atoms with Crippen LogP contribution in [0.25, 0.3) is 0 Å². The number of halogens is 1. The third kappa shape index (κ3) is 2.77. The summed E-state index contributed by atoms with van der Waals surface area (Å²) in [7, 11) is 1.72. The molecule has 1 aliphatic rings. The lowest BCUT2D eigenvalue weighted by molar-refractivity contribution is 0.211. The van der Waals surface area contributed by atoms with Crippen molar-refractivity contribution in [2.24, 2.45) is 7.05 Å². The van der Waals surface area contributed by atoms with Gasteiger partial charge in [-0.3, -0.25) is 4.79 Å². The molecule has 0 spiro atoms. The van der Waals surface area contributed by atoms with Crippen LogP contribution in [0.2, 0.25) is 0 Å². The lowest BCUT2D eigenvalue weighted by Crippen LogP contribution is -2.38. The minimum atomic E-state index is -0.309. The Bertz CT molecular complexity index is 726. The Morgan fingerprint density at radius 1 is 1.33 bits per heavy atom. The molecule has 0 radical (unpaired) electrons. The van der Waals surface area contributed by atoms with Gasteiger partial charge in [-0.25, -0.2) is 4.39 Å². The predicted octanol–water partition coefficient (Wildman–Crippen LogP) is 2.31. The van der Waals surface area contributed by atoms with Gasteiger partial charge in [0, 0.05) is 31.9 Å². The number of anilines is 1. The van der Waals surface area contributed by atoms with E-state index in [0.717, 1.165) is 11.3 Å². The second-order valence-electron chi connectivity index (χ2n) is 5.41. The van der Waals surface area contributed by atoms with Gasteiger partial charge in [0.1, 0.15) is 17.7 Å². The molecule has 1 aromatic heterocycles. The van der Waals surface area contributed by atoms with Crippen LogP contribution in [0.5, 0.6) is 5.75 Å². The highest BCUT2D eigenvalue weighted by Gasteiger charge is 2.23. The fraction of sp³-hybridized carbons (Fsp3) is 0.312. The van der Waals surface area contributed by atoms with Gasteiger partial charge in [-0.2, -0.15) is 0 Å². The van der Waals surface area contributed by atoms with Crippen LogP contribution in [0, 0.1) is 5.82 Å². The Hall–Kier alpha value is -2.30. The first-order valence-corrected chi connectivity index (χ1v) is 6.89. The zero-order chi connectivity index (χ0) is 15.0. The maximum atomic E-state index is 13.3. The molecule has 0 aliphatic carbocycles. The van der Waals surface area contributed by atoms with Crippen molar-refractivity contribution in [1.29, 1.82) is 0 Å². The number of benzene rings is 1. The summed E-state index contributed by atoms with van der Waals surface area (Å²) in [6.07, 6.45) is 1.73. The zero-order valence-corrected chi connectivity index (χ0v) is 12.0. The van der Waals surface area contributed by atoms with E-state index in [0.29, 0.717) is 18.8 Å². The number of ether oxygens (including phenoxy) is 1. The maximum absolute atomic E-state index is 13.3. The molecule has 2 heterocycles. The fourth-order valence-corrected chi connectivity index (χ4v) is 2.56. The van der Waals surface area contributed by atoms with Gasteiger partial charge in [-0.1, -0.05) is 0 Å². The third-order valence-electron chi connectivity index (χ3n) is 3.61. The van der Waals surface area contributed by atoms with Gasteiger partial charge < -0.3 is 14.2 Å². The first-order chi connectivity index (χ1) is 10.0. The summed E-state index contributed by atoms with van der Waals surface area (Å²) >= 11 is 0. The number of hydrogen-bond donors (Lipinski definition) is 0. The van der Waals surface area contributed by atoms with Crippen molar-refractivity contribution >= 4 is 5.69 Å². The van der Waals surface area contributed by atoms with Crippen LogP contribution < -0.4 is 15.2 Å². The second-order valence-corrected chi connectivity index (χ2v) is 5.41. The normalized spacial score (nSPS) is 17.3. The van der Waals surface area contributed by atoms with Gasteiger partial charge in [0.2, 0.25) is 0 Å². The maximum Gasteiger partial charge on any atom is 0.250 e. The average molecular weight is 288 g/mol. The molecule has 0 saturated heterocycles. The number of fused-ring (bicyclic) bond motifs is 1. The van der Waals surface area contributed by atoms with Crippen LogP contribution in [0.4, 0.5) is 10.1 Å². The van der Waals surface area contributed by atoms with E-state index in [-0.39, 0.29) is 17.5 Å². The van der Waals surface area contributed by atoms with Crippen molar-refractivity contribution in [3.63, 3.8) is 0 Å². The van der Waals surface area contributed by atoms with Crippen molar-refractivity contribution in [1.82, 2.24) is 4.57 Å². The number of nitrogens with zero attached hydrogens (tertiary/aromatic N) is 2. The molecule has 0 saturated carbocycles. The zero-order valence-electron chi connectivity index (χ0n) is 12.0.